The molecule has 2 aliphatic carbocycles. The number of aromatic nitrogens is 4. The monoisotopic (exact) mass is 386 g/mol. The zero-order valence-corrected chi connectivity index (χ0v) is 15.1. The molecule has 9 heteroatoms. The highest BCUT2D eigenvalue weighted by Gasteiger charge is 2.52. The summed E-state index contributed by atoms with van der Waals surface area (Å²) in [5, 5.41) is 7.55. The molecule has 1 N–H and O–H groups in total. The van der Waals surface area contributed by atoms with Gasteiger partial charge in [0, 0.05) is 18.7 Å². The first-order chi connectivity index (χ1) is 11.9. The molecule has 0 saturated heterocycles. The summed E-state index contributed by atoms with van der Waals surface area (Å²) < 4.78 is 32.1. The Morgan fingerprint density at radius 1 is 1.40 bits per heavy atom. The van der Waals surface area contributed by atoms with E-state index in [4.69, 9.17) is 28.6 Å². The second-order valence-electron chi connectivity index (χ2n) is 6.80. The van der Waals surface area contributed by atoms with Gasteiger partial charge in [0.05, 0.1) is 11.5 Å². The first-order valence-electron chi connectivity index (χ1n) is 8.12. The van der Waals surface area contributed by atoms with Crippen LogP contribution >= 0.6 is 23.8 Å². The second-order valence-corrected chi connectivity index (χ2v) is 7.57. The van der Waals surface area contributed by atoms with Gasteiger partial charge in [-0.2, -0.15) is 13.9 Å². The molecule has 2 saturated carbocycles. The molecule has 2 aromatic heterocycles. The standard InChI is InChI=1S/C16H17ClF2N4OS/c1-23-13(21-22-15(23)25)16(6-10(7-16)24-14(18)19)9-4-11(8-2-3-8)20-12(17)5-9/h4-5,8,10,14H,2-3,6-7H2,1H3,(H,22,25). The van der Waals surface area contributed by atoms with E-state index in [1.165, 1.54) is 0 Å². The molecule has 0 amide bonds. The molecule has 134 valence electrons. The van der Waals surface area contributed by atoms with Crippen molar-refractivity contribution in [2.75, 3.05) is 0 Å². The van der Waals surface area contributed by atoms with Gasteiger partial charge >= 0.3 is 6.61 Å². The van der Waals surface area contributed by atoms with Gasteiger partial charge in [0.2, 0.25) is 0 Å². The fraction of sp³-hybridized carbons (Fsp3) is 0.562. The summed E-state index contributed by atoms with van der Waals surface area (Å²) >= 11 is 11.5. The number of nitrogens with one attached hydrogen (secondary N) is 1. The van der Waals surface area contributed by atoms with Crippen LogP contribution in [0.2, 0.25) is 5.15 Å². The molecule has 2 heterocycles. The van der Waals surface area contributed by atoms with Crippen LogP contribution in [0.1, 0.15) is 48.7 Å². The van der Waals surface area contributed by atoms with E-state index >= 15 is 0 Å². The molecule has 2 aliphatic rings. The third kappa shape index (κ3) is 3.00. The van der Waals surface area contributed by atoms with Gasteiger partial charge in [-0.3, -0.25) is 5.10 Å². The Labute approximate surface area is 153 Å². The number of ether oxygens (including phenoxy) is 1. The average Bonchev–Trinajstić information content (AvgIpc) is 3.30. The third-order valence-corrected chi connectivity index (χ3v) is 5.68. The lowest BCUT2D eigenvalue weighted by Gasteiger charge is -2.46. The maximum atomic E-state index is 12.6. The third-order valence-electron chi connectivity index (χ3n) is 5.12. The first-order valence-corrected chi connectivity index (χ1v) is 8.91. The molecular weight excluding hydrogens is 370 g/mol. The van der Waals surface area contributed by atoms with Crippen LogP contribution in [0.5, 0.6) is 0 Å². The summed E-state index contributed by atoms with van der Waals surface area (Å²) in [6.07, 6.45) is 2.47. The van der Waals surface area contributed by atoms with Gasteiger partial charge in [-0.15, -0.1) is 0 Å². The van der Waals surface area contributed by atoms with Crippen LogP contribution in [0.3, 0.4) is 0 Å². The summed E-state index contributed by atoms with van der Waals surface area (Å²) in [5.74, 6) is 1.14. The molecule has 5 nitrogen and oxygen atoms in total. The predicted octanol–water partition coefficient (Wildman–Crippen LogP) is 4.09. The lowest BCUT2D eigenvalue weighted by molar-refractivity contribution is -0.192. The number of rotatable bonds is 5. The highest BCUT2D eigenvalue weighted by atomic mass is 35.5. The van der Waals surface area contributed by atoms with Crippen molar-refractivity contribution in [1.29, 1.82) is 0 Å². The van der Waals surface area contributed by atoms with Gasteiger partial charge < -0.3 is 9.30 Å². The molecule has 0 aliphatic heterocycles. The van der Waals surface area contributed by atoms with Gasteiger partial charge in [0.1, 0.15) is 11.0 Å². The highest BCUT2D eigenvalue weighted by Crippen LogP contribution is 2.51. The van der Waals surface area contributed by atoms with Gasteiger partial charge in [0.25, 0.3) is 0 Å². The molecule has 2 aromatic rings. The van der Waals surface area contributed by atoms with Gasteiger partial charge in [-0.05, 0) is 55.6 Å². The van der Waals surface area contributed by atoms with Crippen LogP contribution in [0.4, 0.5) is 8.78 Å². The minimum atomic E-state index is -2.78. The van der Waals surface area contributed by atoms with E-state index in [9.17, 15) is 8.78 Å². The van der Waals surface area contributed by atoms with Gasteiger partial charge in [0.15, 0.2) is 4.77 Å². The van der Waals surface area contributed by atoms with E-state index in [0.29, 0.717) is 34.5 Å². The summed E-state index contributed by atoms with van der Waals surface area (Å²) in [4.78, 5) is 4.42. The molecule has 0 spiro atoms. The van der Waals surface area contributed by atoms with E-state index in [1.807, 2.05) is 13.1 Å². The summed E-state index contributed by atoms with van der Waals surface area (Å²) in [6.45, 7) is -2.78. The number of hydrogen-bond donors (Lipinski definition) is 1. The number of alkyl halides is 2. The van der Waals surface area contributed by atoms with Crippen LogP contribution in [0, 0.1) is 4.77 Å². The zero-order chi connectivity index (χ0) is 17.8. The average molecular weight is 387 g/mol. The highest BCUT2D eigenvalue weighted by molar-refractivity contribution is 7.71. The molecular formula is C16H17ClF2N4OS. The van der Waals surface area contributed by atoms with Gasteiger partial charge in [-0.25, -0.2) is 4.98 Å². The molecule has 2 fully saturated rings. The Bertz CT molecular complexity index is 858. The zero-order valence-electron chi connectivity index (χ0n) is 13.5. The van der Waals surface area contributed by atoms with Crippen LogP contribution in [0.25, 0.3) is 0 Å². The quantitative estimate of drug-likeness (QED) is 0.621. The molecule has 0 aromatic carbocycles. The maximum absolute atomic E-state index is 12.6. The van der Waals surface area contributed by atoms with Crippen molar-refractivity contribution in [3.05, 3.63) is 39.1 Å². The number of nitrogens with zero attached hydrogens (tertiary/aromatic N) is 3. The van der Waals surface area contributed by atoms with Crippen molar-refractivity contribution in [1.82, 2.24) is 19.7 Å². The maximum Gasteiger partial charge on any atom is 0.345 e. The number of H-pyrrole nitrogens is 1. The van der Waals surface area contributed by atoms with Crippen molar-refractivity contribution in [2.45, 2.75) is 49.7 Å². The number of pyridine rings is 1. The Morgan fingerprint density at radius 3 is 2.68 bits per heavy atom. The Morgan fingerprint density at radius 2 is 2.12 bits per heavy atom. The molecule has 0 atom stereocenters. The molecule has 25 heavy (non-hydrogen) atoms. The van der Waals surface area contributed by atoms with E-state index in [2.05, 4.69) is 15.2 Å². The Balaban J connectivity index is 1.77. The van der Waals surface area contributed by atoms with E-state index in [1.54, 1.807) is 10.6 Å². The van der Waals surface area contributed by atoms with Crippen LogP contribution in [-0.4, -0.2) is 32.5 Å². The summed E-state index contributed by atoms with van der Waals surface area (Å²) in [7, 11) is 1.81. The minimum absolute atomic E-state index is 0.398. The second kappa shape index (κ2) is 6.10. The van der Waals surface area contributed by atoms with Crippen LogP contribution in [-0.2, 0) is 17.2 Å². The smallest absolute Gasteiger partial charge is 0.320 e. The lowest BCUT2D eigenvalue weighted by Crippen LogP contribution is -2.49. The Kier molecular flexibility index (Phi) is 4.16. The predicted molar refractivity (Wildman–Crippen MR) is 90.5 cm³/mol. The number of hydrogen-bond acceptors (Lipinski definition) is 4. The largest absolute Gasteiger partial charge is 0.345 e. The normalized spacial score (nSPS) is 26.0. The van der Waals surface area contributed by atoms with Crippen molar-refractivity contribution in [3.63, 3.8) is 0 Å². The fourth-order valence-corrected chi connectivity index (χ4v) is 4.01. The SMILES string of the molecule is Cn1c(C2(c3cc(Cl)nc(C4CC4)c3)CC(OC(F)F)C2)n[nH]c1=S. The molecule has 4 rings (SSSR count). The number of aromatic amines is 1. The number of halogens is 3. The fourth-order valence-electron chi connectivity index (χ4n) is 3.66. The minimum Gasteiger partial charge on any atom is -0.320 e. The lowest BCUT2D eigenvalue weighted by atomic mass is 9.62. The van der Waals surface area contributed by atoms with Crippen molar-refractivity contribution < 1.29 is 13.5 Å². The topological polar surface area (TPSA) is 55.7 Å². The first kappa shape index (κ1) is 17.1. The van der Waals surface area contributed by atoms with E-state index < -0.39 is 18.1 Å². The van der Waals surface area contributed by atoms with E-state index in [-0.39, 0.29) is 0 Å². The summed E-state index contributed by atoms with van der Waals surface area (Å²) in [6, 6.07) is 3.82. The van der Waals surface area contributed by atoms with E-state index in [0.717, 1.165) is 24.1 Å². The molecule has 0 bridgehead atoms. The van der Waals surface area contributed by atoms with Crippen molar-refractivity contribution >= 4 is 23.8 Å². The Hall–Kier alpha value is -1.38. The van der Waals surface area contributed by atoms with Crippen molar-refractivity contribution in [2.24, 2.45) is 7.05 Å². The van der Waals surface area contributed by atoms with Crippen molar-refractivity contribution in [3.8, 4) is 0 Å². The molecule has 0 radical (unpaired) electrons. The van der Waals surface area contributed by atoms with Gasteiger partial charge in [-0.1, -0.05) is 11.6 Å². The van der Waals surface area contributed by atoms with Crippen LogP contribution < -0.4 is 0 Å². The molecule has 0 unspecified atom stereocenters. The van der Waals surface area contributed by atoms with Crippen LogP contribution in [0.15, 0.2) is 12.1 Å². The summed E-state index contributed by atoms with van der Waals surface area (Å²) in [5.41, 5.74) is 1.33.